The molecule has 0 amide bonds. The van der Waals surface area contributed by atoms with Crippen LogP contribution in [0.5, 0.6) is 5.75 Å². The number of sulfonamides is 1. The first kappa shape index (κ1) is 25.1. The van der Waals surface area contributed by atoms with Crippen LogP contribution in [0.3, 0.4) is 0 Å². The summed E-state index contributed by atoms with van der Waals surface area (Å²) in [4.78, 5) is 6.28. The normalized spacial score (nSPS) is 12.6. The number of nitrogens with one attached hydrogen (secondary N) is 1. The number of thiophene rings is 1. The lowest BCUT2D eigenvalue weighted by Gasteiger charge is -2.08. The molecule has 2 heterocycles. The zero-order valence-electron chi connectivity index (χ0n) is 16.4. The number of hydrazone groups is 1. The Bertz CT molecular complexity index is 1260. The van der Waals surface area contributed by atoms with Gasteiger partial charge in [0.1, 0.15) is 16.6 Å². The van der Waals surface area contributed by atoms with Gasteiger partial charge < -0.3 is 10.5 Å². The molecule has 33 heavy (non-hydrogen) atoms. The van der Waals surface area contributed by atoms with Crippen molar-refractivity contribution in [3.63, 3.8) is 0 Å². The van der Waals surface area contributed by atoms with Crippen molar-refractivity contribution in [2.24, 2.45) is 10.8 Å². The van der Waals surface area contributed by atoms with E-state index in [-0.39, 0.29) is 33.8 Å². The second-order valence-electron chi connectivity index (χ2n) is 6.49. The Balaban J connectivity index is 1.62. The Morgan fingerprint density at radius 2 is 1.88 bits per heavy atom. The van der Waals surface area contributed by atoms with Crippen LogP contribution in [0.1, 0.15) is 16.1 Å². The van der Waals surface area contributed by atoms with Crippen LogP contribution in [0.25, 0.3) is 0 Å². The molecule has 14 heteroatoms. The summed E-state index contributed by atoms with van der Waals surface area (Å²) in [7, 11) is -4.03. The fourth-order valence-corrected chi connectivity index (χ4v) is 4.94. The molecule has 3 aromatic rings. The number of ether oxygens (including phenoxy) is 1. The van der Waals surface area contributed by atoms with E-state index in [9.17, 15) is 21.6 Å². The van der Waals surface area contributed by atoms with E-state index in [4.69, 9.17) is 33.7 Å². The second-order valence-corrected chi connectivity index (χ2v) is 10.4. The number of rotatable bonds is 8. The summed E-state index contributed by atoms with van der Waals surface area (Å²) in [5.41, 5.74) is 4.89. The maximum Gasteiger partial charge on any atom is 0.417 e. The summed E-state index contributed by atoms with van der Waals surface area (Å²) >= 11 is 12.6. The van der Waals surface area contributed by atoms with E-state index >= 15 is 0 Å². The van der Waals surface area contributed by atoms with Crippen LogP contribution in [0.4, 0.5) is 13.2 Å². The van der Waals surface area contributed by atoms with Crippen LogP contribution < -0.4 is 15.3 Å². The minimum atomic E-state index is -4.56. The molecule has 7 nitrogen and oxygen atoms in total. The van der Waals surface area contributed by atoms with Crippen molar-refractivity contribution in [1.29, 1.82) is 0 Å². The molecule has 0 radical (unpaired) electrons. The van der Waals surface area contributed by atoms with E-state index in [2.05, 4.69) is 10.1 Å². The predicted octanol–water partition coefficient (Wildman–Crippen LogP) is 4.69. The van der Waals surface area contributed by atoms with Crippen molar-refractivity contribution < 1.29 is 26.3 Å². The highest BCUT2D eigenvalue weighted by Gasteiger charge is 2.31. The standard InChI is InChI=1S/C19H15Cl2F3N4O3S2/c20-12-1-3-13(4-2-12)31-10-17(25)27-28-33(29,30)18-6-5-14(32-18)8-16-15(21)7-11(9-26-16)19(22,23)24/h1-7,9,28H,8,10H2,(H2,25,27). The summed E-state index contributed by atoms with van der Waals surface area (Å²) < 4.78 is 68.4. The van der Waals surface area contributed by atoms with Crippen molar-refractivity contribution in [1.82, 2.24) is 9.82 Å². The van der Waals surface area contributed by atoms with E-state index in [1.807, 2.05) is 4.83 Å². The molecule has 0 aliphatic rings. The Morgan fingerprint density at radius 1 is 1.18 bits per heavy atom. The molecular formula is C19H15Cl2F3N4O3S2. The fraction of sp³-hybridized carbons (Fsp3) is 0.158. The number of amidine groups is 1. The summed E-state index contributed by atoms with van der Waals surface area (Å²) in [6, 6.07) is 10.1. The Hall–Kier alpha value is -2.54. The smallest absolute Gasteiger partial charge is 0.417 e. The minimum Gasteiger partial charge on any atom is -0.486 e. The molecule has 3 N–H and O–H groups in total. The monoisotopic (exact) mass is 538 g/mol. The lowest BCUT2D eigenvalue weighted by Crippen LogP contribution is -2.27. The number of nitrogens with zero attached hydrogens (tertiary/aromatic N) is 2. The number of halogens is 5. The molecule has 0 saturated carbocycles. The first-order chi connectivity index (χ1) is 15.4. The highest BCUT2D eigenvalue weighted by molar-refractivity contribution is 7.91. The average Bonchev–Trinajstić information content (AvgIpc) is 3.22. The van der Waals surface area contributed by atoms with Gasteiger partial charge in [-0.25, -0.2) is 0 Å². The van der Waals surface area contributed by atoms with E-state index in [0.29, 0.717) is 21.8 Å². The first-order valence-electron chi connectivity index (χ1n) is 8.96. The van der Waals surface area contributed by atoms with Gasteiger partial charge in [-0.3, -0.25) is 4.98 Å². The van der Waals surface area contributed by atoms with Crippen molar-refractivity contribution in [2.75, 3.05) is 6.61 Å². The molecular weight excluding hydrogens is 524 g/mol. The Morgan fingerprint density at radius 3 is 2.52 bits per heavy atom. The van der Waals surface area contributed by atoms with Gasteiger partial charge in [0, 0.05) is 22.5 Å². The molecule has 0 aliphatic carbocycles. The van der Waals surface area contributed by atoms with Gasteiger partial charge in [-0.1, -0.05) is 23.2 Å². The molecule has 0 atom stereocenters. The van der Waals surface area contributed by atoms with Gasteiger partial charge in [0.15, 0.2) is 5.84 Å². The summed E-state index contributed by atoms with van der Waals surface area (Å²) in [5, 5.41) is 3.98. The number of hydrogen-bond acceptors (Lipinski definition) is 6. The average molecular weight is 539 g/mol. The topological polar surface area (TPSA) is 107 Å². The van der Waals surface area contributed by atoms with Gasteiger partial charge in [-0.05, 0) is 42.5 Å². The van der Waals surface area contributed by atoms with Crippen LogP contribution in [0, 0.1) is 0 Å². The molecule has 0 fully saturated rings. The van der Waals surface area contributed by atoms with Gasteiger partial charge in [0.25, 0.3) is 10.0 Å². The van der Waals surface area contributed by atoms with Gasteiger partial charge in [0.05, 0.1) is 16.3 Å². The number of hydrogen-bond donors (Lipinski definition) is 2. The highest BCUT2D eigenvalue weighted by atomic mass is 35.5. The van der Waals surface area contributed by atoms with E-state index in [1.165, 1.54) is 12.1 Å². The molecule has 0 bridgehead atoms. The van der Waals surface area contributed by atoms with Crippen molar-refractivity contribution in [3.05, 3.63) is 74.8 Å². The number of benzene rings is 1. The first-order valence-corrected chi connectivity index (χ1v) is 12.0. The quantitative estimate of drug-likeness (QED) is 0.246. The van der Waals surface area contributed by atoms with Crippen molar-refractivity contribution >= 4 is 50.4 Å². The van der Waals surface area contributed by atoms with E-state index in [0.717, 1.165) is 17.4 Å². The Labute approximate surface area is 201 Å². The summed E-state index contributed by atoms with van der Waals surface area (Å²) in [5.74, 6) is 0.352. The van der Waals surface area contributed by atoms with Crippen LogP contribution in [0.15, 0.2) is 58.0 Å². The van der Waals surface area contributed by atoms with Crippen LogP contribution in [-0.4, -0.2) is 25.8 Å². The number of pyridine rings is 1. The zero-order chi connectivity index (χ0) is 24.2. The van der Waals surface area contributed by atoms with Gasteiger partial charge in [0.2, 0.25) is 0 Å². The predicted molar refractivity (Wildman–Crippen MR) is 120 cm³/mol. The van der Waals surface area contributed by atoms with Crippen LogP contribution in [-0.2, 0) is 22.6 Å². The largest absolute Gasteiger partial charge is 0.486 e. The number of nitrogens with two attached hydrogens (primary N) is 1. The molecule has 2 aromatic heterocycles. The molecule has 0 aliphatic heterocycles. The lowest BCUT2D eigenvalue weighted by atomic mass is 10.2. The fourth-order valence-electron chi connectivity index (χ4n) is 2.40. The minimum absolute atomic E-state index is 0.0531. The maximum atomic E-state index is 12.7. The molecule has 0 spiro atoms. The van der Waals surface area contributed by atoms with E-state index in [1.54, 1.807) is 24.3 Å². The number of alkyl halides is 3. The molecule has 176 valence electrons. The van der Waals surface area contributed by atoms with Gasteiger partial charge in [-0.15, -0.1) is 16.4 Å². The molecule has 0 unspecified atom stereocenters. The third-order valence-corrected chi connectivity index (χ3v) is 7.36. The Kier molecular flexibility index (Phi) is 7.73. The maximum absolute atomic E-state index is 12.7. The molecule has 3 rings (SSSR count). The SMILES string of the molecule is N/C(COc1ccc(Cl)cc1)=N\NS(=O)(=O)c1ccc(Cc2ncc(C(F)(F)F)cc2Cl)s1. The molecule has 0 saturated heterocycles. The number of aromatic nitrogens is 1. The molecule has 1 aromatic carbocycles. The summed E-state index contributed by atoms with van der Waals surface area (Å²) in [6.07, 6.45) is -3.83. The van der Waals surface area contributed by atoms with Crippen molar-refractivity contribution in [3.8, 4) is 5.75 Å². The van der Waals surface area contributed by atoms with E-state index < -0.39 is 21.8 Å². The van der Waals surface area contributed by atoms with Crippen LogP contribution in [0.2, 0.25) is 10.0 Å². The second kappa shape index (κ2) is 10.2. The van der Waals surface area contributed by atoms with Crippen LogP contribution >= 0.6 is 34.5 Å². The zero-order valence-corrected chi connectivity index (χ0v) is 19.6. The third-order valence-electron chi connectivity index (χ3n) is 4.00. The lowest BCUT2D eigenvalue weighted by molar-refractivity contribution is -0.137. The van der Waals surface area contributed by atoms with Crippen molar-refractivity contribution in [2.45, 2.75) is 16.8 Å². The van der Waals surface area contributed by atoms with Gasteiger partial charge >= 0.3 is 6.18 Å². The third kappa shape index (κ3) is 6.97. The summed E-state index contributed by atoms with van der Waals surface area (Å²) in [6.45, 7) is -0.169. The van der Waals surface area contributed by atoms with Gasteiger partial charge in [-0.2, -0.15) is 26.4 Å². The highest BCUT2D eigenvalue weighted by Crippen LogP contribution is 2.32.